The van der Waals surface area contributed by atoms with Gasteiger partial charge in [-0.2, -0.15) is 9.98 Å². The summed E-state index contributed by atoms with van der Waals surface area (Å²) in [4.78, 5) is 27.2. The molecular formula is C10H8N2O2. The molecule has 4 nitrogen and oxygen atoms in total. The third-order valence-corrected chi connectivity index (χ3v) is 2.00. The molecule has 0 N–H and O–H groups in total. The van der Waals surface area contributed by atoms with Gasteiger partial charge in [-0.15, -0.1) is 0 Å². The molecule has 0 amide bonds. The molecule has 0 fully saturated rings. The molecule has 0 spiro atoms. The quantitative estimate of drug-likeness (QED) is 0.527. The number of aliphatic imine (C=N–C) groups is 2. The van der Waals surface area contributed by atoms with Gasteiger partial charge in [0.2, 0.25) is 12.2 Å². The molecule has 0 saturated carbocycles. The van der Waals surface area contributed by atoms with Crippen molar-refractivity contribution in [2.45, 2.75) is 13.8 Å². The Hall–Kier alpha value is -2.02. The van der Waals surface area contributed by atoms with Crippen LogP contribution < -0.4 is 0 Å². The molecule has 4 heteroatoms. The lowest BCUT2D eigenvalue weighted by atomic mass is 10.1. The molecular weight excluding hydrogens is 180 g/mol. The van der Waals surface area contributed by atoms with E-state index < -0.39 is 0 Å². The molecule has 0 bridgehead atoms. The summed E-state index contributed by atoms with van der Waals surface area (Å²) < 4.78 is 0. The Morgan fingerprint density at radius 3 is 2.29 bits per heavy atom. The Bertz CT molecular complexity index is 453. The summed E-state index contributed by atoms with van der Waals surface area (Å²) in [5, 5.41) is 0. The van der Waals surface area contributed by atoms with Gasteiger partial charge in [-0.25, -0.2) is 9.59 Å². The number of hydrogen-bond donors (Lipinski definition) is 0. The zero-order chi connectivity index (χ0) is 10.6. The van der Waals surface area contributed by atoms with Crippen molar-refractivity contribution < 1.29 is 9.59 Å². The number of carbonyl (C=O) groups excluding carboxylic acids is 2. The van der Waals surface area contributed by atoms with Crippen LogP contribution in [-0.4, -0.2) is 12.2 Å². The molecule has 1 aromatic rings. The van der Waals surface area contributed by atoms with Crippen LogP contribution >= 0.6 is 0 Å². The topological polar surface area (TPSA) is 58.9 Å². The number of isocyanates is 2. The Balaban J connectivity index is 3.51. The SMILES string of the molecule is Cc1ccc(N=C=O)c(N=C=O)c1C. The molecule has 70 valence electrons. The molecule has 0 aliphatic heterocycles. The maximum atomic E-state index is 10.2. The van der Waals surface area contributed by atoms with Crippen LogP contribution in [0, 0.1) is 13.8 Å². The van der Waals surface area contributed by atoms with Crippen molar-refractivity contribution in [2.75, 3.05) is 0 Å². The first kappa shape index (κ1) is 10.1. The Morgan fingerprint density at radius 1 is 1.07 bits per heavy atom. The van der Waals surface area contributed by atoms with Crippen LogP contribution in [0.1, 0.15) is 11.1 Å². The second-order valence-electron chi connectivity index (χ2n) is 2.78. The van der Waals surface area contributed by atoms with E-state index >= 15 is 0 Å². The monoisotopic (exact) mass is 188 g/mol. The molecule has 0 radical (unpaired) electrons. The predicted molar refractivity (Wildman–Crippen MR) is 51.5 cm³/mol. The average Bonchev–Trinajstić information content (AvgIpc) is 2.18. The highest BCUT2D eigenvalue weighted by Crippen LogP contribution is 2.32. The lowest BCUT2D eigenvalue weighted by molar-refractivity contribution is 0.564. The summed E-state index contributed by atoms with van der Waals surface area (Å²) >= 11 is 0. The van der Waals surface area contributed by atoms with E-state index in [0.29, 0.717) is 11.4 Å². The summed E-state index contributed by atoms with van der Waals surface area (Å²) in [5.74, 6) is 0. The van der Waals surface area contributed by atoms with Gasteiger partial charge < -0.3 is 0 Å². The standard InChI is InChI=1S/C10H8N2O2/c1-7-3-4-9(11-5-13)10(8(7)2)12-6-14/h3-4H,1-2H3. The van der Waals surface area contributed by atoms with Crippen LogP contribution in [0.25, 0.3) is 0 Å². The number of rotatable bonds is 2. The molecule has 0 atom stereocenters. The van der Waals surface area contributed by atoms with Gasteiger partial charge in [-0.05, 0) is 31.0 Å². The van der Waals surface area contributed by atoms with E-state index in [1.54, 1.807) is 19.1 Å². The van der Waals surface area contributed by atoms with Crippen molar-refractivity contribution in [2.24, 2.45) is 9.98 Å². The van der Waals surface area contributed by atoms with Gasteiger partial charge in [0, 0.05) is 0 Å². The van der Waals surface area contributed by atoms with Crippen molar-refractivity contribution in [3.05, 3.63) is 23.3 Å². The number of benzene rings is 1. The summed E-state index contributed by atoms with van der Waals surface area (Å²) in [7, 11) is 0. The minimum atomic E-state index is 0.339. The van der Waals surface area contributed by atoms with E-state index in [2.05, 4.69) is 9.98 Å². The summed E-state index contributed by atoms with van der Waals surface area (Å²) in [6, 6.07) is 3.42. The molecule has 0 heterocycles. The fourth-order valence-corrected chi connectivity index (χ4v) is 1.11. The summed E-state index contributed by atoms with van der Waals surface area (Å²) in [6.07, 6.45) is 2.85. The van der Waals surface area contributed by atoms with Crippen LogP contribution in [0.3, 0.4) is 0 Å². The van der Waals surface area contributed by atoms with E-state index in [0.717, 1.165) is 11.1 Å². The van der Waals surface area contributed by atoms with Gasteiger partial charge in [0.15, 0.2) is 0 Å². The van der Waals surface area contributed by atoms with Gasteiger partial charge in [0.1, 0.15) is 11.4 Å². The second-order valence-corrected chi connectivity index (χ2v) is 2.78. The molecule has 0 unspecified atom stereocenters. The predicted octanol–water partition coefficient (Wildman–Crippen LogP) is 2.24. The lowest BCUT2D eigenvalue weighted by Crippen LogP contribution is -1.81. The van der Waals surface area contributed by atoms with Gasteiger partial charge in [-0.1, -0.05) is 6.07 Å². The molecule has 0 aliphatic rings. The third-order valence-electron chi connectivity index (χ3n) is 2.00. The third kappa shape index (κ3) is 1.83. The number of aryl methyl sites for hydroxylation is 1. The zero-order valence-corrected chi connectivity index (χ0v) is 7.87. The highest BCUT2D eigenvalue weighted by atomic mass is 16.1. The maximum Gasteiger partial charge on any atom is 0.240 e. The van der Waals surface area contributed by atoms with Crippen LogP contribution in [-0.2, 0) is 9.59 Å². The van der Waals surface area contributed by atoms with Crippen LogP contribution in [0.15, 0.2) is 22.1 Å². The van der Waals surface area contributed by atoms with E-state index in [-0.39, 0.29) is 0 Å². The average molecular weight is 188 g/mol. The molecule has 0 aliphatic carbocycles. The molecule has 0 aromatic heterocycles. The first-order valence-electron chi connectivity index (χ1n) is 3.96. The van der Waals surface area contributed by atoms with Gasteiger partial charge in [-0.3, -0.25) is 0 Å². The van der Waals surface area contributed by atoms with Crippen molar-refractivity contribution in [3.63, 3.8) is 0 Å². The van der Waals surface area contributed by atoms with Gasteiger partial charge >= 0.3 is 0 Å². The lowest BCUT2D eigenvalue weighted by Gasteiger charge is -2.04. The van der Waals surface area contributed by atoms with Gasteiger partial charge in [0.25, 0.3) is 0 Å². The first-order chi connectivity index (χ1) is 6.70. The van der Waals surface area contributed by atoms with E-state index in [9.17, 15) is 9.59 Å². The Morgan fingerprint density at radius 2 is 1.71 bits per heavy atom. The normalized spacial score (nSPS) is 8.71. The fraction of sp³-hybridized carbons (Fsp3) is 0.200. The second kappa shape index (κ2) is 4.28. The van der Waals surface area contributed by atoms with Crippen molar-refractivity contribution in [1.29, 1.82) is 0 Å². The minimum Gasteiger partial charge on any atom is -0.211 e. The van der Waals surface area contributed by atoms with E-state index in [4.69, 9.17) is 0 Å². The van der Waals surface area contributed by atoms with Crippen molar-refractivity contribution in [3.8, 4) is 0 Å². The summed E-state index contributed by atoms with van der Waals surface area (Å²) in [5.41, 5.74) is 2.50. The van der Waals surface area contributed by atoms with E-state index in [1.807, 2.05) is 6.92 Å². The van der Waals surface area contributed by atoms with Gasteiger partial charge in [0.05, 0.1) is 0 Å². The number of hydrogen-bond acceptors (Lipinski definition) is 4. The van der Waals surface area contributed by atoms with E-state index in [1.165, 1.54) is 12.2 Å². The minimum absolute atomic E-state index is 0.339. The largest absolute Gasteiger partial charge is 0.240 e. The molecule has 1 rings (SSSR count). The van der Waals surface area contributed by atoms with Crippen molar-refractivity contribution in [1.82, 2.24) is 0 Å². The van der Waals surface area contributed by atoms with Crippen LogP contribution in [0.2, 0.25) is 0 Å². The number of nitrogens with zero attached hydrogens (tertiary/aromatic N) is 2. The highest BCUT2D eigenvalue weighted by Gasteiger charge is 2.06. The fourth-order valence-electron chi connectivity index (χ4n) is 1.11. The first-order valence-corrected chi connectivity index (χ1v) is 3.96. The van der Waals surface area contributed by atoms with Crippen molar-refractivity contribution >= 4 is 23.5 Å². The zero-order valence-electron chi connectivity index (χ0n) is 7.87. The smallest absolute Gasteiger partial charge is 0.211 e. The highest BCUT2D eigenvalue weighted by molar-refractivity contribution is 5.72. The molecule has 0 saturated heterocycles. The van der Waals surface area contributed by atoms with Crippen LogP contribution in [0.5, 0.6) is 0 Å². The Kier molecular flexibility index (Phi) is 3.08. The molecule has 1 aromatic carbocycles. The maximum absolute atomic E-state index is 10.2. The molecule has 14 heavy (non-hydrogen) atoms. The summed E-state index contributed by atoms with van der Waals surface area (Å²) in [6.45, 7) is 3.68. The Labute approximate surface area is 81.0 Å². The van der Waals surface area contributed by atoms with Crippen LogP contribution in [0.4, 0.5) is 11.4 Å².